The Hall–Kier alpha value is -4.08. The van der Waals surface area contributed by atoms with Crippen molar-refractivity contribution in [2.75, 3.05) is 27.9 Å². The van der Waals surface area contributed by atoms with E-state index in [0.717, 1.165) is 20.9 Å². The molecule has 1 atom stereocenters. The van der Waals surface area contributed by atoms with Gasteiger partial charge >= 0.3 is 0 Å². The van der Waals surface area contributed by atoms with Crippen LogP contribution >= 0.6 is 15.9 Å². The van der Waals surface area contributed by atoms with E-state index in [1.54, 1.807) is 39.5 Å². The van der Waals surface area contributed by atoms with Gasteiger partial charge in [0.25, 0.3) is 5.91 Å². The second-order valence-electron chi connectivity index (χ2n) is 9.05. The Morgan fingerprint density at radius 1 is 1.00 bits per heavy atom. The van der Waals surface area contributed by atoms with Crippen LogP contribution in [0.3, 0.4) is 0 Å². The van der Waals surface area contributed by atoms with E-state index in [9.17, 15) is 9.90 Å². The molecule has 0 aliphatic carbocycles. The Labute approximate surface area is 234 Å². The highest BCUT2D eigenvalue weighted by Crippen LogP contribution is 2.41. The van der Waals surface area contributed by atoms with Gasteiger partial charge in [-0.05, 0) is 54.4 Å². The predicted octanol–water partition coefficient (Wildman–Crippen LogP) is 5.50. The molecule has 1 amide bonds. The zero-order valence-electron chi connectivity index (χ0n) is 21.7. The molecule has 0 bridgehead atoms. The Morgan fingerprint density at radius 2 is 1.74 bits per heavy atom. The lowest BCUT2D eigenvalue weighted by Gasteiger charge is -2.18. The molecule has 0 aliphatic rings. The summed E-state index contributed by atoms with van der Waals surface area (Å²) in [7, 11) is 4.65. The fourth-order valence-corrected chi connectivity index (χ4v) is 5.11. The van der Waals surface area contributed by atoms with Gasteiger partial charge in [0.1, 0.15) is 0 Å². The number of pyridine rings is 1. The number of hydrogen-bond acceptors (Lipinski definition) is 6. The minimum absolute atomic E-state index is 0.213. The molecule has 0 aliphatic heterocycles. The molecule has 2 heterocycles. The number of ether oxygens (including phenoxy) is 3. The van der Waals surface area contributed by atoms with Gasteiger partial charge in [-0.3, -0.25) is 4.79 Å². The number of halogens is 1. The summed E-state index contributed by atoms with van der Waals surface area (Å²) in [6.45, 7) is -0.213. The molecule has 0 spiro atoms. The highest BCUT2D eigenvalue weighted by molar-refractivity contribution is 9.10. The number of aliphatic hydroxyl groups excluding tert-OH is 1. The van der Waals surface area contributed by atoms with Crippen LogP contribution in [0.1, 0.15) is 15.9 Å². The Balaban J connectivity index is 1.51. The summed E-state index contributed by atoms with van der Waals surface area (Å²) in [5.41, 5.74) is 4.38. The molecule has 8 nitrogen and oxygen atoms in total. The predicted molar refractivity (Wildman–Crippen MR) is 155 cm³/mol. The summed E-state index contributed by atoms with van der Waals surface area (Å²) in [5.74, 6) is 1.14. The molecule has 9 heteroatoms. The van der Waals surface area contributed by atoms with Crippen LogP contribution in [0.15, 0.2) is 71.3 Å². The molecular weight excluding hydrogens is 562 g/mol. The van der Waals surface area contributed by atoms with Gasteiger partial charge in [0.05, 0.1) is 50.8 Å². The largest absolute Gasteiger partial charge is 0.493 e. The number of para-hydroxylation sites is 1. The van der Waals surface area contributed by atoms with Crippen molar-refractivity contribution < 1.29 is 24.1 Å². The second kappa shape index (κ2) is 11.3. The fourth-order valence-electron chi connectivity index (χ4n) is 4.75. The van der Waals surface area contributed by atoms with Gasteiger partial charge in [0, 0.05) is 32.5 Å². The number of H-pyrrole nitrogens is 1. The monoisotopic (exact) mass is 589 g/mol. The molecule has 0 radical (unpaired) electrons. The SMILES string of the molecule is COc1cc(-c2cc(C(=O)N[C@H](CO)Cc3c[nH]c4ccc(Br)cc34)c3ccccc3n2)cc(OC)c1OC. The molecule has 5 rings (SSSR count). The lowest BCUT2D eigenvalue weighted by Crippen LogP contribution is -2.39. The number of nitrogens with zero attached hydrogens (tertiary/aromatic N) is 1. The topological polar surface area (TPSA) is 106 Å². The molecule has 2 aromatic heterocycles. The van der Waals surface area contributed by atoms with Crippen LogP contribution in [-0.4, -0.2) is 55.0 Å². The number of benzene rings is 3. The summed E-state index contributed by atoms with van der Waals surface area (Å²) in [4.78, 5) is 21.7. The average molecular weight is 590 g/mol. The quantitative estimate of drug-likeness (QED) is 0.209. The summed E-state index contributed by atoms with van der Waals surface area (Å²) < 4.78 is 17.4. The van der Waals surface area contributed by atoms with Crippen molar-refractivity contribution in [1.29, 1.82) is 0 Å². The number of rotatable bonds is 9. The van der Waals surface area contributed by atoms with E-state index in [4.69, 9.17) is 19.2 Å². The smallest absolute Gasteiger partial charge is 0.252 e. The zero-order valence-corrected chi connectivity index (χ0v) is 23.3. The van der Waals surface area contributed by atoms with E-state index in [1.807, 2.05) is 48.7 Å². The average Bonchev–Trinajstić information content (AvgIpc) is 3.36. The minimum atomic E-state index is -0.493. The summed E-state index contributed by atoms with van der Waals surface area (Å²) >= 11 is 3.52. The van der Waals surface area contributed by atoms with E-state index in [2.05, 4.69) is 26.2 Å². The molecule has 3 N–H and O–H groups in total. The highest BCUT2D eigenvalue weighted by Gasteiger charge is 2.21. The maximum absolute atomic E-state index is 13.7. The van der Waals surface area contributed by atoms with Gasteiger partial charge in [-0.2, -0.15) is 0 Å². The number of aromatic nitrogens is 2. The number of aliphatic hydroxyl groups is 1. The lowest BCUT2D eigenvalue weighted by molar-refractivity contribution is 0.0918. The van der Waals surface area contributed by atoms with Crippen molar-refractivity contribution in [3.63, 3.8) is 0 Å². The van der Waals surface area contributed by atoms with Crippen LogP contribution in [0.5, 0.6) is 17.2 Å². The van der Waals surface area contributed by atoms with Crippen molar-refractivity contribution >= 4 is 43.6 Å². The maximum atomic E-state index is 13.7. The minimum Gasteiger partial charge on any atom is -0.493 e. The van der Waals surface area contributed by atoms with E-state index in [-0.39, 0.29) is 12.5 Å². The van der Waals surface area contributed by atoms with E-state index >= 15 is 0 Å². The molecule has 0 fully saturated rings. The first-order valence-electron chi connectivity index (χ1n) is 12.3. The number of fused-ring (bicyclic) bond motifs is 2. The number of nitrogens with one attached hydrogen (secondary N) is 2. The lowest BCUT2D eigenvalue weighted by atomic mass is 10.0. The van der Waals surface area contributed by atoms with Gasteiger partial charge < -0.3 is 29.6 Å². The molecule has 0 saturated heterocycles. The van der Waals surface area contributed by atoms with Crippen molar-refractivity contribution in [3.05, 3.63) is 82.5 Å². The molecule has 3 aromatic carbocycles. The van der Waals surface area contributed by atoms with Gasteiger partial charge in [-0.25, -0.2) is 4.98 Å². The van der Waals surface area contributed by atoms with Gasteiger partial charge in [0.2, 0.25) is 5.75 Å². The van der Waals surface area contributed by atoms with Crippen LogP contribution in [0.4, 0.5) is 0 Å². The van der Waals surface area contributed by atoms with Crippen molar-refractivity contribution in [2.24, 2.45) is 0 Å². The summed E-state index contributed by atoms with van der Waals surface area (Å²) in [5, 5.41) is 14.9. The molecule has 0 unspecified atom stereocenters. The van der Waals surface area contributed by atoms with Crippen LogP contribution in [-0.2, 0) is 6.42 Å². The number of amides is 1. The first kappa shape index (κ1) is 26.5. The van der Waals surface area contributed by atoms with E-state index in [0.29, 0.717) is 51.4 Å². The van der Waals surface area contributed by atoms with E-state index in [1.165, 1.54) is 0 Å². The molecule has 200 valence electrons. The van der Waals surface area contributed by atoms with Crippen LogP contribution in [0.2, 0.25) is 0 Å². The first-order chi connectivity index (χ1) is 18.9. The Kier molecular flexibility index (Phi) is 7.72. The van der Waals surface area contributed by atoms with Crippen LogP contribution in [0.25, 0.3) is 33.1 Å². The highest BCUT2D eigenvalue weighted by atomic mass is 79.9. The van der Waals surface area contributed by atoms with Crippen molar-refractivity contribution in [3.8, 4) is 28.5 Å². The van der Waals surface area contributed by atoms with E-state index < -0.39 is 6.04 Å². The summed E-state index contributed by atoms with van der Waals surface area (Å²) in [6.07, 6.45) is 2.37. The normalized spacial score (nSPS) is 11.9. The number of aromatic amines is 1. The fraction of sp³-hybridized carbons (Fsp3) is 0.200. The summed E-state index contributed by atoms with van der Waals surface area (Å²) in [6, 6.07) is 18.3. The number of hydrogen-bond donors (Lipinski definition) is 3. The van der Waals surface area contributed by atoms with Crippen molar-refractivity contribution in [2.45, 2.75) is 12.5 Å². The third kappa shape index (κ3) is 5.28. The molecule has 0 saturated carbocycles. The zero-order chi connectivity index (χ0) is 27.5. The first-order valence-corrected chi connectivity index (χ1v) is 13.1. The third-order valence-electron chi connectivity index (χ3n) is 6.67. The second-order valence-corrected chi connectivity index (χ2v) is 9.96. The number of carbonyl (C=O) groups is 1. The molecule has 5 aromatic rings. The molecular formula is C30H28BrN3O5. The van der Waals surface area contributed by atoms with Crippen molar-refractivity contribution in [1.82, 2.24) is 15.3 Å². The standard InChI is InChI=1S/C30H28BrN3O5/c1-37-27-11-17(12-28(38-2)29(27)39-3)26-14-23(21-6-4-5-7-25(21)34-26)30(36)33-20(16-35)10-18-15-32-24-9-8-19(31)13-22(18)24/h4-9,11-15,20,32,35H,10,16H2,1-3H3,(H,33,36)/t20-/m0/s1. The third-order valence-corrected chi connectivity index (χ3v) is 7.17. The van der Waals surface area contributed by atoms with Crippen LogP contribution < -0.4 is 19.5 Å². The van der Waals surface area contributed by atoms with Crippen LogP contribution in [0, 0.1) is 0 Å². The number of methoxy groups -OCH3 is 3. The van der Waals surface area contributed by atoms with Gasteiger partial charge in [0.15, 0.2) is 11.5 Å². The maximum Gasteiger partial charge on any atom is 0.252 e. The Bertz CT molecular complexity index is 1640. The van der Waals surface area contributed by atoms with Gasteiger partial charge in [-0.15, -0.1) is 0 Å². The van der Waals surface area contributed by atoms with Gasteiger partial charge in [-0.1, -0.05) is 34.1 Å². The molecule has 39 heavy (non-hydrogen) atoms. The number of carbonyl (C=O) groups excluding carboxylic acids is 1. The Morgan fingerprint density at radius 3 is 2.44 bits per heavy atom.